The Morgan fingerprint density at radius 1 is 0.867 bits per heavy atom. The van der Waals surface area contributed by atoms with Crippen LogP contribution < -0.4 is 0 Å². The number of hydrogen-bond acceptors (Lipinski definition) is 8. The van der Waals surface area contributed by atoms with Gasteiger partial charge in [0.2, 0.25) is 0 Å². The Morgan fingerprint density at radius 3 is 2.10 bits per heavy atom. The van der Waals surface area contributed by atoms with Crippen LogP contribution in [-0.4, -0.2) is 82.4 Å². The van der Waals surface area contributed by atoms with Crippen molar-refractivity contribution < 1.29 is 38.3 Å². The first-order valence-corrected chi connectivity index (χ1v) is 11.2. The fourth-order valence-electron chi connectivity index (χ4n) is 7.40. The van der Waals surface area contributed by atoms with Crippen LogP contribution in [0, 0.1) is 35.5 Å². The predicted molar refractivity (Wildman–Crippen MR) is 103 cm³/mol. The van der Waals surface area contributed by atoms with E-state index in [4.69, 9.17) is 28.4 Å². The van der Waals surface area contributed by atoms with Gasteiger partial charge in [-0.3, -0.25) is 4.79 Å². The fourth-order valence-corrected chi connectivity index (χ4v) is 7.40. The highest BCUT2D eigenvalue weighted by Gasteiger charge is 2.61. The number of methoxy groups -OCH3 is 3. The maximum Gasteiger partial charge on any atom is 0.309 e. The number of esters is 1. The summed E-state index contributed by atoms with van der Waals surface area (Å²) in [5.74, 6) is 0.0266. The van der Waals surface area contributed by atoms with Crippen molar-refractivity contribution in [3.05, 3.63) is 0 Å². The summed E-state index contributed by atoms with van der Waals surface area (Å²) in [7, 11) is 5.11. The minimum absolute atomic E-state index is 0.0406. The molecule has 0 aromatic rings. The summed E-state index contributed by atoms with van der Waals surface area (Å²) in [5, 5.41) is 11.2. The zero-order chi connectivity index (χ0) is 21.0. The van der Waals surface area contributed by atoms with Gasteiger partial charge in [-0.15, -0.1) is 0 Å². The van der Waals surface area contributed by atoms with Crippen LogP contribution in [-0.2, 0) is 33.2 Å². The Labute approximate surface area is 177 Å². The van der Waals surface area contributed by atoms with Crippen LogP contribution >= 0.6 is 0 Å². The molecule has 5 fully saturated rings. The first kappa shape index (κ1) is 21.1. The molecule has 170 valence electrons. The lowest BCUT2D eigenvalue weighted by molar-refractivity contribution is -0.176. The van der Waals surface area contributed by atoms with Crippen molar-refractivity contribution >= 4 is 5.97 Å². The maximum absolute atomic E-state index is 12.9. The van der Waals surface area contributed by atoms with Crippen LogP contribution in [0.4, 0.5) is 0 Å². The monoisotopic (exact) mass is 426 g/mol. The minimum atomic E-state index is -0.542. The molecule has 0 bridgehead atoms. The van der Waals surface area contributed by atoms with Gasteiger partial charge in [0.25, 0.3) is 0 Å². The molecule has 2 heterocycles. The van der Waals surface area contributed by atoms with E-state index in [1.807, 2.05) is 0 Å². The van der Waals surface area contributed by atoms with Gasteiger partial charge in [0.15, 0.2) is 0 Å². The molecule has 5 rings (SSSR count). The van der Waals surface area contributed by atoms with Crippen molar-refractivity contribution in [2.75, 3.05) is 34.7 Å². The topological polar surface area (TPSA) is 92.7 Å². The van der Waals surface area contributed by atoms with Crippen LogP contribution in [0.15, 0.2) is 0 Å². The molecule has 30 heavy (non-hydrogen) atoms. The highest BCUT2D eigenvalue weighted by atomic mass is 16.7. The van der Waals surface area contributed by atoms with E-state index in [0.29, 0.717) is 13.4 Å². The second-order valence-electron chi connectivity index (χ2n) is 9.69. The van der Waals surface area contributed by atoms with Crippen molar-refractivity contribution in [3.8, 4) is 0 Å². The molecule has 10 atom stereocenters. The number of fused-ring (bicyclic) bond motifs is 3. The second kappa shape index (κ2) is 8.30. The van der Waals surface area contributed by atoms with Gasteiger partial charge in [0, 0.05) is 27.2 Å². The maximum atomic E-state index is 12.9. The predicted octanol–water partition coefficient (Wildman–Crippen LogP) is 0.989. The van der Waals surface area contributed by atoms with E-state index in [9.17, 15) is 9.90 Å². The second-order valence-corrected chi connectivity index (χ2v) is 9.69. The molecule has 0 radical (unpaired) electrons. The highest BCUT2D eigenvalue weighted by molar-refractivity contribution is 5.75. The number of aliphatic hydroxyl groups is 1. The Bertz CT molecular complexity index is 629. The van der Waals surface area contributed by atoms with Crippen molar-refractivity contribution in [3.63, 3.8) is 0 Å². The van der Waals surface area contributed by atoms with Gasteiger partial charge in [0.05, 0.1) is 43.0 Å². The van der Waals surface area contributed by atoms with E-state index >= 15 is 0 Å². The third kappa shape index (κ3) is 3.22. The fraction of sp³-hybridized carbons (Fsp3) is 0.955. The zero-order valence-corrected chi connectivity index (χ0v) is 18.0. The summed E-state index contributed by atoms with van der Waals surface area (Å²) < 4.78 is 34.4. The Kier molecular flexibility index (Phi) is 5.83. The van der Waals surface area contributed by atoms with Crippen molar-refractivity contribution in [2.24, 2.45) is 35.5 Å². The number of carbonyl (C=O) groups excluding carboxylic acids is 1. The highest BCUT2D eigenvalue weighted by Crippen LogP contribution is 2.57. The van der Waals surface area contributed by atoms with E-state index in [-0.39, 0.29) is 72.0 Å². The Balaban J connectivity index is 1.48. The van der Waals surface area contributed by atoms with Crippen molar-refractivity contribution in [1.82, 2.24) is 0 Å². The van der Waals surface area contributed by atoms with Gasteiger partial charge in [-0.1, -0.05) is 0 Å². The normalized spacial score (nSPS) is 53.0. The van der Waals surface area contributed by atoms with Gasteiger partial charge in [-0.05, 0) is 49.4 Å². The summed E-state index contributed by atoms with van der Waals surface area (Å²) in [5.41, 5.74) is 0. The first-order valence-electron chi connectivity index (χ1n) is 11.2. The van der Waals surface area contributed by atoms with E-state index in [0.717, 1.165) is 25.7 Å². The van der Waals surface area contributed by atoms with Crippen LogP contribution in [0.3, 0.4) is 0 Å². The van der Waals surface area contributed by atoms with Crippen LogP contribution in [0.25, 0.3) is 0 Å². The molecule has 0 aromatic carbocycles. The average Bonchev–Trinajstić information content (AvgIpc) is 3.38. The summed E-state index contributed by atoms with van der Waals surface area (Å²) in [6.45, 7) is 0.631. The molecular formula is C22H34O8. The third-order valence-corrected chi connectivity index (χ3v) is 8.70. The van der Waals surface area contributed by atoms with Gasteiger partial charge in [-0.2, -0.15) is 0 Å². The molecule has 1 N–H and O–H groups in total. The number of carbonyl (C=O) groups is 1. The number of cyclic esters (lactones) is 1. The van der Waals surface area contributed by atoms with Gasteiger partial charge in [-0.25, -0.2) is 0 Å². The van der Waals surface area contributed by atoms with Gasteiger partial charge in [0.1, 0.15) is 12.9 Å². The van der Waals surface area contributed by atoms with Crippen LogP contribution in [0.5, 0.6) is 0 Å². The van der Waals surface area contributed by atoms with E-state index in [1.54, 1.807) is 21.3 Å². The zero-order valence-electron chi connectivity index (χ0n) is 18.0. The summed E-state index contributed by atoms with van der Waals surface area (Å²) in [6.07, 6.45) is 2.42. The lowest BCUT2D eigenvalue weighted by Crippen LogP contribution is -2.58. The molecule has 5 aliphatic rings. The lowest BCUT2D eigenvalue weighted by atomic mass is 9.52. The molecule has 8 nitrogen and oxygen atoms in total. The summed E-state index contributed by atoms with van der Waals surface area (Å²) in [4.78, 5) is 12.9. The standard InChI is InChI=1S/C22H34O8/c1-25-16-4-10(5-17(26-2)21(16)27-3)18-11-6-14-15(30-9-29-14)7-12(11)20(23)13-8-28-22(24)19(13)18/h10-21,23H,4-9H2,1-3H3/t10?,11?,12?,13-,14?,15?,16?,17?,18+,19-,20+,21?/m0/s1. The van der Waals surface area contributed by atoms with Crippen molar-refractivity contribution in [1.29, 1.82) is 0 Å². The molecule has 3 aliphatic carbocycles. The molecule has 0 amide bonds. The molecule has 6 unspecified atom stereocenters. The molecule has 3 saturated carbocycles. The summed E-state index contributed by atoms with van der Waals surface area (Å²) in [6, 6.07) is 0. The van der Waals surface area contributed by atoms with Crippen LogP contribution in [0.1, 0.15) is 25.7 Å². The van der Waals surface area contributed by atoms with Gasteiger partial charge < -0.3 is 33.5 Å². The van der Waals surface area contributed by atoms with Gasteiger partial charge >= 0.3 is 5.97 Å². The SMILES string of the molecule is COC1CC([C@@H]2C3CC4OCOC4CC3[C@@H](O)[C@H]3COC(=O)[C@H]23)CC(OC)C1OC. The molecule has 2 aliphatic heterocycles. The van der Waals surface area contributed by atoms with Crippen LogP contribution in [0.2, 0.25) is 0 Å². The Hall–Kier alpha value is -0.770. The number of aliphatic hydroxyl groups excluding tert-OH is 1. The average molecular weight is 427 g/mol. The molecular weight excluding hydrogens is 392 g/mol. The third-order valence-electron chi connectivity index (χ3n) is 8.70. The molecule has 0 spiro atoms. The molecule has 2 saturated heterocycles. The largest absolute Gasteiger partial charge is 0.465 e. The van der Waals surface area contributed by atoms with Crippen molar-refractivity contribution in [2.45, 2.75) is 62.3 Å². The Morgan fingerprint density at radius 2 is 1.50 bits per heavy atom. The number of rotatable bonds is 4. The summed E-state index contributed by atoms with van der Waals surface area (Å²) >= 11 is 0. The lowest BCUT2D eigenvalue weighted by Gasteiger charge is -2.54. The smallest absolute Gasteiger partial charge is 0.309 e. The molecule has 8 heteroatoms. The molecule has 0 aromatic heterocycles. The van der Waals surface area contributed by atoms with E-state index in [1.165, 1.54) is 0 Å². The van der Waals surface area contributed by atoms with E-state index in [2.05, 4.69) is 0 Å². The minimum Gasteiger partial charge on any atom is -0.465 e. The number of ether oxygens (including phenoxy) is 6. The quantitative estimate of drug-likeness (QED) is 0.666. The van der Waals surface area contributed by atoms with E-state index < -0.39 is 6.10 Å². The number of hydrogen-bond donors (Lipinski definition) is 1. The first-order chi connectivity index (χ1) is 14.6.